The predicted octanol–water partition coefficient (Wildman–Crippen LogP) is 2.18. The van der Waals surface area contributed by atoms with Gasteiger partial charge in [0.1, 0.15) is 18.7 Å². The van der Waals surface area contributed by atoms with Gasteiger partial charge in [-0.15, -0.1) is 0 Å². The van der Waals surface area contributed by atoms with Gasteiger partial charge < -0.3 is 14.6 Å². The minimum atomic E-state index is -1.19. The van der Waals surface area contributed by atoms with Crippen LogP contribution in [-0.2, 0) is 20.9 Å². The van der Waals surface area contributed by atoms with Crippen LogP contribution < -0.4 is 0 Å². The van der Waals surface area contributed by atoms with Crippen molar-refractivity contribution in [3.63, 3.8) is 0 Å². The first kappa shape index (κ1) is 14.6. The monoisotopic (exact) mass is 261 g/mol. The van der Waals surface area contributed by atoms with Gasteiger partial charge in [0.2, 0.25) is 0 Å². The molecule has 0 aliphatic rings. The summed E-state index contributed by atoms with van der Waals surface area (Å²) in [6.45, 7) is 1.80. The van der Waals surface area contributed by atoms with E-state index in [2.05, 4.69) is 4.99 Å². The van der Waals surface area contributed by atoms with Gasteiger partial charge in [0.25, 0.3) is 0 Å². The van der Waals surface area contributed by atoms with Crippen LogP contribution >= 0.6 is 0 Å². The molecular formula is C14H15NO4. The Morgan fingerprint density at radius 2 is 2.05 bits per heavy atom. The molecule has 0 unspecified atom stereocenters. The van der Waals surface area contributed by atoms with E-state index in [0.29, 0.717) is 6.29 Å². The van der Waals surface area contributed by atoms with Crippen molar-refractivity contribution in [2.45, 2.75) is 20.0 Å². The Bertz CT molecular complexity index is 491. The minimum absolute atomic E-state index is 0.0722. The van der Waals surface area contributed by atoms with Crippen LogP contribution in [0.5, 0.6) is 0 Å². The molecule has 100 valence electrons. The summed E-state index contributed by atoms with van der Waals surface area (Å²) in [5, 5.41) is 9.00. The second kappa shape index (κ2) is 7.81. The number of aliphatic carboxylic acids is 1. The lowest BCUT2D eigenvalue weighted by atomic mass is 10.2. The molecule has 0 aliphatic carbocycles. The summed E-state index contributed by atoms with van der Waals surface area (Å²) in [4.78, 5) is 24.9. The number of ether oxygens (including phenoxy) is 1. The summed E-state index contributed by atoms with van der Waals surface area (Å²) >= 11 is 0. The predicted molar refractivity (Wildman–Crippen MR) is 70.7 cm³/mol. The number of hydrogen-bond acceptors (Lipinski definition) is 4. The van der Waals surface area contributed by atoms with E-state index in [4.69, 9.17) is 9.84 Å². The SMILES string of the molecule is CC(OCc1ccccc1)=C(N=CCC=O)C(=O)O. The molecule has 1 aromatic carbocycles. The van der Waals surface area contributed by atoms with Crippen molar-refractivity contribution >= 4 is 18.5 Å². The molecule has 5 nitrogen and oxygen atoms in total. The molecule has 1 rings (SSSR count). The number of allylic oxidation sites excluding steroid dienone is 1. The molecule has 0 saturated heterocycles. The number of aliphatic imine (C=N–C) groups is 1. The lowest BCUT2D eigenvalue weighted by Gasteiger charge is -2.07. The van der Waals surface area contributed by atoms with Crippen LogP contribution in [0, 0.1) is 0 Å². The Kier molecular flexibility index (Phi) is 6.02. The van der Waals surface area contributed by atoms with E-state index in [9.17, 15) is 9.59 Å². The molecule has 1 N–H and O–H groups in total. The van der Waals surface area contributed by atoms with Crippen LogP contribution in [0.15, 0.2) is 46.8 Å². The molecule has 0 saturated carbocycles. The first-order valence-corrected chi connectivity index (χ1v) is 5.72. The molecule has 0 amide bonds. The third kappa shape index (κ3) is 5.16. The molecule has 1 aromatic rings. The fraction of sp³-hybridized carbons (Fsp3) is 0.214. The largest absolute Gasteiger partial charge is 0.491 e. The van der Waals surface area contributed by atoms with Gasteiger partial charge in [-0.1, -0.05) is 30.3 Å². The van der Waals surface area contributed by atoms with Gasteiger partial charge in [-0.3, -0.25) is 4.99 Å². The van der Waals surface area contributed by atoms with Crippen LogP contribution in [0.2, 0.25) is 0 Å². The molecule has 0 spiro atoms. The second-order valence-corrected chi connectivity index (χ2v) is 3.70. The topological polar surface area (TPSA) is 76.0 Å². The number of benzene rings is 1. The number of rotatable bonds is 7. The molecular weight excluding hydrogens is 246 g/mol. The van der Waals surface area contributed by atoms with Gasteiger partial charge in [-0.25, -0.2) is 4.79 Å². The summed E-state index contributed by atoms with van der Waals surface area (Å²) < 4.78 is 5.38. The van der Waals surface area contributed by atoms with Gasteiger partial charge in [0, 0.05) is 12.6 Å². The third-order valence-corrected chi connectivity index (χ3v) is 2.26. The molecule has 0 atom stereocenters. The van der Waals surface area contributed by atoms with E-state index in [1.807, 2.05) is 30.3 Å². The van der Waals surface area contributed by atoms with Crippen LogP contribution in [0.3, 0.4) is 0 Å². The van der Waals surface area contributed by atoms with Crippen molar-refractivity contribution in [2.24, 2.45) is 4.99 Å². The maximum absolute atomic E-state index is 11.0. The zero-order valence-corrected chi connectivity index (χ0v) is 10.6. The Labute approximate surface area is 111 Å². The average Bonchev–Trinajstić information content (AvgIpc) is 2.42. The number of hydrogen-bond donors (Lipinski definition) is 1. The van der Waals surface area contributed by atoms with Crippen molar-refractivity contribution in [1.82, 2.24) is 0 Å². The third-order valence-electron chi connectivity index (χ3n) is 2.26. The van der Waals surface area contributed by atoms with Crippen molar-refractivity contribution in [3.05, 3.63) is 47.4 Å². The molecule has 0 heterocycles. The summed E-state index contributed by atoms with van der Waals surface area (Å²) in [6, 6.07) is 9.39. The summed E-state index contributed by atoms with van der Waals surface area (Å²) in [6.07, 6.45) is 1.96. The fourth-order valence-electron chi connectivity index (χ4n) is 1.32. The van der Waals surface area contributed by atoms with E-state index < -0.39 is 5.97 Å². The molecule has 0 aromatic heterocycles. The number of carboxylic acid groups (broad SMARTS) is 1. The molecule has 0 radical (unpaired) electrons. The highest BCUT2D eigenvalue weighted by Gasteiger charge is 2.11. The van der Waals surface area contributed by atoms with E-state index in [1.165, 1.54) is 13.1 Å². The van der Waals surface area contributed by atoms with Crippen LogP contribution in [-0.4, -0.2) is 23.6 Å². The lowest BCUT2D eigenvalue weighted by molar-refractivity contribution is -0.133. The van der Waals surface area contributed by atoms with Crippen molar-refractivity contribution in [1.29, 1.82) is 0 Å². The number of carboxylic acids is 1. The molecule has 0 bridgehead atoms. The van der Waals surface area contributed by atoms with Crippen LogP contribution in [0.25, 0.3) is 0 Å². The summed E-state index contributed by atoms with van der Waals surface area (Å²) in [7, 11) is 0. The molecule has 5 heteroatoms. The quantitative estimate of drug-likeness (QED) is 0.353. The lowest BCUT2D eigenvalue weighted by Crippen LogP contribution is -2.04. The Morgan fingerprint density at radius 1 is 1.37 bits per heavy atom. The van der Waals surface area contributed by atoms with E-state index in [1.54, 1.807) is 0 Å². The first-order chi connectivity index (χ1) is 9.15. The number of nitrogens with zero attached hydrogens (tertiary/aromatic N) is 1. The summed E-state index contributed by atoms with van der Waals surface area (Å²) in [5.74, 6) is -0.980. The number of carbonyl (C=O) groups excluding carboxylic acids is 1. The Balaban J connectivity index is 2.73. The summed E-state index contributed by atoms with van der Waals surface area (Å²) in [5.41, 5.74) is 0.737. The van der Waals surface area contributed by atoms with E-state index in [-0.39, 0.29) is 24.5 Å². The standard InChI is InChI=1S/C14H15NO4/c1-11(13(14(17)18)15-8-5-9-16)19-10-12-6-3-2-4-7-12/h2-4,6-9H,5,10H2,1H3,(H,17,18). The molecule has 19 heavy (non-hydrogen) atoms. The van der Waals surface area contributed by atoms with Crippen LogP contribution in [0.1, 0.15) is 18.9 Å². The fourth-order valence-corrected chi connectivity index (χ4v) is 1.32. The second-order valence-electron chi connectivity index (χ2n) is 3.70. The van der Waals surface area contributed by atoms with Crippen molar-refractivity contribution < 1.29 is 19.4 Å². The zero-order valence-electron chi connectivity index (χ0n) is 10.6. The highest BCUT2D eigenvalue weighted by atomic mass is 16.5. The van der Waals surface area contributed by atoms with Gasteiger partial charge in [0.15, 0.2) is 5.70 Å². The van der Waals surface area contributed by atoms with Crippen molar-refractivity contribution in [3.8, 4) is 0 Å². The first-order valence-electron chi connectivity index (χ1n) is 5.72. The van der Waals surface area contributed by atoms with E-state index >= 15 is 0 Å². The number of aldehydes is 1. The van der Waals surface area contributed by atoms with Gasteiger partial charge in [-0.05, 0) is 12.5 Å². The molecule has 0 fully saturated rings. The highest BCUT2D eigenvalue weighted by Crippen LogP contribution is 2.11. The zero-order chi connectivity index (χ0) is 14.1. The maximum atomic E-state index is 11.0. The highest BCUT2D eigenvalue weighted by molar-refractivity contribution is 5.89. The van der Waals surface area contributed by atoms with E-state index in [0.717, 1.165) is 5.56 Å². The average molecular weight is 261 g/mol. The van der Waals surface area contributed by atoms with Gasteiger partial charge >= 0.3 is 5.97 Å². The Hall–Kier alpha value is -2.43. The normalized spacial score (nSPS) is 12.1. The van der Waals surface area contributed by atoms with Crippen molar-refractivity contribution in [2.75, 3.05) is 0 Å². The Morgan fingerprint density at radius 3 is 2.63 bits per heavy atom. The van der Waals surface area contributed by atoms with Gasteiger partial charge in [-0.2, -0.15) is 0 Å². The number of carbonyl (C=O) groups is 2. The minimum Gasteiger partial charge on any atom is -0.491 e. The van der Waals surface area contributed by atoms with Gasteiger partial charge in [0.05, 0.1) is 0 Å². The maximum Gasteiger partial charge on any atom is 0.357 e. The van der Waals surface area contributed by atoms with Crippen LogP contribution in [0.4, 0.5) is 0 Å². The molecule has 0 aliphatic heterocycles. The smallest absolute Gasteiger partial charge is 0.357 e.